The van der Waals surface area contributed by atoms with Gasteiger partial charge < -0.3 is 5.11 Å². The maximum absolute atomic E-state index is 10.8. The third kappa shape index (κ3) is 3.17. The zero-order chi connectivity index (χ0) is 13.9. The molecule has 1 unspecified atom stereocenters. The minimum absolute atomic E-state index is 0.0838. The van der Waals surface area contributed by atoms with Gasteiger partial charge in [-0.15, -0.1) is 11.8 Å². The average Bonchev–Trinajstić information content (AvgIpc) is 2.28. The zero-order valence-electron chi connectivity index (χ0n) is 9.10. The van der Waals surface area contributed by atoms with Gasteiger partial charge in [0.15, 0.2) is 0 Å². The van der Waals surface area contributed by atoms with Crippen LogP contribution in [0.5, 0.6) is 0 Å². The van der Waals surface area contributed by atoms with Gasteiger partial charge in [0.1, 0.15) is 5.25 Å². The largest absolute Gasteiger partial charge is 0.480 e. The summed E-state index contributed by atoms with van der Waals surface area (Å²) in [5.41, 5.74) is -0.878. The maximum Gasteiger partial charge on any atom is 0.316 e. The zero-order valence-corrected chi connectivity index (χ0v) is 9.92. The standard InChI is InChI=1S/C9H8N2O6S/c1-5(9(12)13)18-8-3-2-6(10(14)15)4-7(8)11(16)17/h2-5H,1H3,(H,12,13). The SMILES string of the molecule is CC(Sc1ccc([N+](=O)[O-])cc1[N+](=O)[O-])C(=O)O. The van der Waals surface area contributed by atoms with Crippen molar-refractivity contribution >= 4 is 29.1 Å². The highest BCUT2D eigenvalue weighted by Gasteiger charge is 2.23. The molecule has 18 heavy (non-hydrogen) atoms. The van der Waals surface area contributed by atoms with Crippen molar-refractivity contribution in [3.05, 3.63) is 38.4 Å². The van der Waals surface area contributed by atoms with Crippen LogP contribution in [0.25, 0.3) is 0 Å². The summed E-state index contributed by atoms with van der Waals surface area (Å²) in [4.78, 5) is 30.5. The van der Waals surface area contributed by atoms with E-state index < -0.39 is 32.4 Å². The van der Waals surface area contributed by atoms with Gasteiger partial charge in [0, 0.05) is 6.07 Å². The second kappa shape index (κ2) is 5.45. The molecule has 1 atom stereocenters. The number of hydrogen-bond donors (Lipinski definition) is 1. The van der Waals surface area contributed by atoms with E-state index in [1.165, 1.54) is 13.0 Å². The number of nitro benzene ring substituents is 2. The number of carboxylic acid groups (broad SMARTS) is 1. The van der Waals surface area contributed by atoms with Gasteiger partial charge in [-0.2, -0.15) is 0 Å². The molecule has 0 aliphatic carbocycles. The highest BCUT2D eigenvalue weighted by Crippen LogP contribution is 2.34. The van der Waals surface area contributed by atoms with Crippen LogP contribution in [-0.2, 0) is 4.79 Å². The molecule has 0 spiro atoms. The van der Waals surface area contributed by atoms with Gasteiger partial charge in [-0.1, -0.05) is 0 Å². The Balaban J connectivity index is 3.16. The van der Waals surface area contributed by atoms with E-state index in [2.05, 4.69) is 0 Å². The van der Waals surface area contributed by atoms with Gasteiger partial charge in [-0.3, -0.25) is 25.0 Å². The molecule has 0 saturated heterocycles. The van der Waals surface area contributed by atoms with Gasteiger partial charge in [-0.05, 0) is 13.0 Å². The molecule has 0 aromatic heterocycles. The first-order valence-electron chi connectivity index (χ1n) is 4.65. The van der Waals surface area contributed by atoms with E-state index in [1.807, 2.05) is 0 Å². The Labute approximate surface area is 105 Å². The summed E-state index contributed by atoms with van der Waals surface area (Å²) in [6.07, 6.45) is 0. The number of carboxylic acids is 1. The molecule has 1 aromatic carbocycles. The fraction of sp³-hybridized carbons (Fsp3) is 0.222. The third-order valence-corrected chi connectivity index (χ3v) is 3.16. The lowest BCUT2D eigenvalue weighted by molar-refractivity contribution is -0.396. The number of nitrogens with zero attached hydrogens (tertiary/aromatic N) is 2. The Kier molecular flexibility index (Phi) is 4.21. The summed E-state index contributed by atoms with van der Waals surface area (Å²) in [6, 6.07) is 3.10. The molecule has 0 aliphatic heterocycles. The molecular weight excluding hydrogens is 264 g/mol. The predicted molar refractivity (Wildman–Crippen MR) is 62.7 cm³/mol. The first kappa shape index (κ1) is 13.9. The van der Waals surface area contributed by atoms with Crippen LogP contribution in [-0.4, -0.2) is 26.2 Å². The first-order valence-corrected chi connectivity index (χ1v) is 5.53. The monoisotopic (exact) mass is 272 g/mol. The summed E-state index contributed by atoms with van der Waals surface area (Å²) in [5.74, 6) is -1.12. The van der Waals surface area contributed by atoms with Crippen molar-refractivity contribution in [1.82, 2.24) is 0 Å². The summed E-state index contributed by atoms with van der Waals surface area (Å²) in [7, 11) is 0. The Hall–Kier alpha value is -2.16. The number of nitro groups is 2. The van der Waals surface area contributed by atoms with E-state index >= 15 is 0 Å². The van der Waals surface area contributed by atoms with Gasteiger partial charge in [-0.25, -0.2) is 0 Å². The second-order valence-corrected chi connectivity index (χ2v) is 4.65. The minimum Gasteiger partial charge on any atom is -0.480 e. The normalized spacial score (nSPS) is 11.8. The number of carbonyl (C=O) groups is 1. The number of aliphatic carboxylic acids is 1. The Morgan fingerprint density at radius 3 is 2.39 bits per heavy atom. The molecule has 1 rings (SSSR count). The number of rotatable bonds is 5. The van der Waals surface area contributed by atoms with Gasteiger partial charge in [0.2, 0.25) is 0 Å². The van der Waals surface area contributed by atoms with Crippen molar-refractivity contribution in [1.29, 1.82) is 0 Å². The highest BCUT2D eigenvalue weighted by molar-refractivity contribution is 8.00. The predicted octanol–water partition coefficient (Wildman–Crippen LogP) is 2.07. The molecule has 0 fully saturated rings. The van der Waals surface area contributed by atoms with Crippen molar-refractivity contribution in [2.24, 2.45) is 0 Å². The lowest BCUT2D eigenvalue weighted by atomic mass is 10.3. The average molecular weight is 272 g/mol. The maximum atomic E-state index is 10.8. The Bertz CT molecular complexity index is 518. The van der Waals surface area contributed by atoms with Crippen LogP contribution in [0.4, 0.5) is 11.4 Å². The van der Waals surface area contributed by atoms with Gasteiger partial charge in [0.25, 0.3) is 11.4 Å². The quantitative estimate of drug-likeness (QED) is 0.494. The molecule has 0 bridgehead atoms. The summed E-state index contributed by atoms with van der Waals surface area (Å²) in [6.45, 7) is 1.37. The van der Waals surface area contributed by atoms with Crippen molar-refractivity contribution in [2.75, 3.05) is 0 Å². The first-order chi connectivity index (χ1) is 8.32. The van der Waals surface area contributed by atoms with Gasteiger partial charge in [0.05, 0.1) is 20.8 Å². The Morgan fingerprint density at radius 1 is 1.33 bits per heavy atom. The fourth-order valence-corrected chi connectivity index (χ4v) is 1.99. The number of thioether (sulfide) groups is 1. The van der Waals surface area contributed by atoms with Crippen LogP contribution in [0, 0.1) is 20.2 Å². The highest BCUT2D eigenvalue weighted by atomic mass is 32.2. The second-order valence-electron chi connectivity index (χ2n) is 3.26. The van der Waals surface area contributed by atoms with Crippen molar-refractivity contribution in [3.8, 4) is 0 Å². The van der Waals surface area contributed by atoms with Crippen LogP contribution in [0.1, 0.15) is 6.92 Å². The molecule has 1 N–H and O–H groups in total. The molecule has 0 aliphatic rings. The van der Waals surface area contributed by atoms with Crippen LogP contribution >= 0.6 is 11.8 Å². The summed E-state index contributed by atoms with van der Waals surface area (Å²) in [5, 5.41) is 29.1. The number of non-ortho nitro benzene ring substituents is 1. The van der Waals surface area contributed by atoms with Crippen molar-refractivity contribution in [3.63, 3.8) is 0 Å². The van der Waals surface area contributed by atoms with E-state index in [0.717, 1.165) is 23.9 Å². The van der Waals surface area contributed by atoms with E-state index in [9.17, 15) is 25.0 Å². The van der Waals surface area contributed by atoms with Gasteiger partial charge >= 0.3 is 5.97 Å². The van der Waals surface area contributed by atoms with E-state index in [0.29, 0.717) is 0 Å². The molecule has 0 saturated carbocycles. The van der Waals surface area contributed by atoms with Crippen molar-refractivity contribution in [2.45, 2.75) is 17.1 Å². The van der Waals surface area contributed by atoms with Crippen LogP contribution in [0.2, 0.25) is 0 Å². The van der Waals surface area contributed by atoms with E-state index in [1.54, 1.807) is 0 Å². The molecule has 0 amide bonds. The minimum atomic E-state index is -1.12. The third-order valence-electron chi connectivity index (χ3n) is 2.00. The van der Waals surface area contributed by atoms with E-state index in [-0.39, 0.29) is 4.90 Å². The van der Waals surface area contributed by atoms with Crippen LogP contribution in [0.15, 0.2) is 23.1 Å². The molecule has 1 aromatic rings. The topological polar surface area (TPSA) is 124 Å². The lowest BCUT2D eigenvalue weighted by Gasteiger charge is -2.06. The summed E-state index contributed by atoms with van der Waals surface area (Å²) < 4.78 is 0. The molecular formula is C9H8N2O6S. The molecule has 9 heteroatoms. The smallest absolute Gasteiger partial charge is 0.316 e. The number of benzene rings is 1. The fourth-order valence-electron chi connectivity index (χ4n) is 1.10. The lowest BCUT2D eigenvalue weighted by Crippen LogP contribution is -2.11. The number of hydrogen-bond acceptors (Lipinski definition) is 6. The molecule has 0 heterocycles. The Morgan fingerprint density at radius 2 is 1.94 bits per heavy atom. The van der Waals surface area contributed by atoms with Crippen LogP contribution in [0.3, 0.4) is 0 Å². The molecule has 0 radical (unpaired) electrons. The van der Waals surface area contributed by atoms with E-state index in [4.69, 9.17) is 5.11 Å². The molecule has 96 valence electrons. The molecule has 8 nitrogen and oxygen atoms in total. The van der Waals surface area contributed by atoms with Crippen molar-refractivity contribution < 1.29 is 19.7 Å². The summed E-state index contributed by atoms with van der Waals surface area (Å²) >= 11 is 0.763. The van der Waals surface area contributed by atoms with Crippen LogP contribution < -0.4 is 0 Å².